The Morgan fingerprint density at radius 1 is 0.767 bits per heavy atom. The molecule has 1 aliphatic rings. The van der Waals surface area contributed by atoms with Gasteiger partial charge in [0.15, 0.2) is 35.4 Å². The van der Waals surface area contributed by atoms with Gasteiger partial charge in [0.1, 0.15) is 12.4 Å². The van der Waals surface area contributed by atoms with Gasteiger partial charge in [-0.3, -0.25) is 9.36 Å². The zero-order chi connectivity index (χ0) is 29.8. The molecular weight excluding hydrogens is 554 g/mol. The summed E-state index contributed by atoms with van der Waals surface area (Å²) in [6, 6.07) is 25.2. The number of hydrogen-bond donors (Lipinski definition) is 2. The number of rotatable bonds is 8. The first kappa shape index (κ1) is 27.7. The maximum Gasteiger partial charge on any atom is 0.338 e. The van der Waals surface area contributed by atoms with Gasteiger partial charge in [-0.15, -0.1) is 0 Å². The molecule has 1 saturated heterocycles. The lowest BCUT2D eigenvalue weighted by Gasteiger charge is -2.24. The Labute approximate surface area is 244 Å². The molecule has 3 heterocycles. The van der Waals surface area contributed by atoms with E-state index in [1.807, 2.05) is 0 Å². The van der Waals surface area contributed by atoms with Gasteiger partial charge in [-0.25, -0.2) is 24.5 Å². The number of fused-ring (bicyclic) bond motifs is 1. The van der Waals surface area contributed by atoms with E-state index >= 15 is 0 Å². The minimum absolute atomic E-state index is 0.152. The average Bonchev–Trinajstić information content (AvgIpc) is 3.64. The molecule has 0 saturated carbocycles. The van der Waals surface area contributed by atoms with E-state index in [9.17, 15) is 19.5 Å². The van der Waals surface area contributed by atoms with Gasteiger partial charge < -0.3 is 24.6 Å². The number of amides is 1. The van der Waals surface area contributed by atoms with Crippen LogP contribution >= 0.6 is 0 Å². The van der Waals surface area contributed by atoms with Gasteiger partial charge >= 0.3 is 11.9 Å². The lowest BCUT2D eigenvalue weighted by molar-refractivity contribution is -0.0566. The van der Waals surface area contributed by atoms with Crippen LogP contribution in [-0.2, 0) is 14.2 Å². The molecule has 1 aliphatic heterocycles. The van der Waals surface area contributed by atoms with Crippen molar-refractivity contribution in [2.45, 2.75) is 24.5 Å². The summed E-state index contributed by atoms with van der Waals surface area (Å²) < 4.78 is 19.3. The van der Waals surface area contributed by atoms with Crippen LogP contribution in [-0.4, -0.2) is 67.4 Å². The fourth-order valence-corrected chi connectivity index (χ4v) is 4.78. The maximum absolute atomic E-state index is 13.2. The van der Waals surface area contributed by atoms with E-state index in [1.165, 1.54) is 17.2 Å². The molecule has 216 valence electrons. The number of imidazole rings is 1. The van der Waals surface area contributed by atoms with E-state index in [0.29, 0.717) is 5.56 Å². The van der Waals surface area contributed by atoms with E-state index in [4.69, 9.17) is 14.2 Å². The van der Waals surface area contributed by atoms with Gasteiger partial charge in [0.05, 0.1) is 24.1 Å². The molecule has 43 heavy (non-hydrogen) atoms. The number of nitrogens with one attached hydrogen (secondary N) is 1. The minimum Gasteiger partial charge on any atom is -0.452 e. The molecule has 4 atom stereocenters. The van der Waals surface area contributed by atoms with Crippen molar-refractivity contribution in [3.8, 4) is 0 Å². The topological polar surface area (TPSA) is 155 Å². The van der Waals surface area contributed by atoms with Crippen LogP contribution in [0.2, 0.25) is 0 Å². The summed E-state index contributed by atoms with van der Waals surface area (Å²) in [5.74, 6) is -1.61. The Hall–Kier alpha value is -5.46. The van der Waals surface area contributed by atoms with Gasteiger partial charge in [-0.05, 0) is 36.4 Å². The average molecular weight is 580 g/mol. The third-order valence-electron chi connectivity index (χ3n) is 6.87. The van der Waals surface area contributed by atoms with Crippen molar-refractivity contribution in [1.82, 2.24) is 19.5 Å². The highest BCUT2D eigenvalue weighted by molar-refractivity contribution is 6.06. The number of anilines is 1. The van der Waals surface area contributed by atoms with Crippen molar-refractivity contribution in [3.05, 3.63) is 120 Å². The van der Waals surface area contributed by atoms with Gasteiger partial charge in [0.2, 0.25) is 0 Å². The van der Waals surface area contributed by atoms with Crippen LogP contribution in [0.1, 0.15) is 37.3 Å². The molecular formula is C31H25N5O7. The predicted molar refractivity (Wildman–Crippen MR) is 152 cm³/mol. The second-order valence-corrected chi connectivity index (χ2v) is 9.59. The lowest BCUT2D eigenvalue weighted by atomic mass is 10.1. The third-order valence-corrected chi connectivity index (χ3v) is 6.87. The maximum atomic E-state index is 13.2. The number of nitrogens with zero attached hydrogens (tertiary/aromatic N) is 4. The summed E-state index contributed by atoms with van der Waals surface area (Å²) in [6.07, 6.45) is -1.93. The zero-order valence-electron chi connectivity index (χ0n) is 22.5. The van der Waals surface area contributed by atoms with E-state index in [-0.39, 0.29) is 28.1 Å². The van der Waals surface area contributed by atoms with Gasteiger partial charge in [0, 0.05) is 5.56 Å². The van der Waals surface area contributed by atoms with E-state index in [2.05, 4.69) is 20.3 Å². The number of aliphatic hydroxyl groups excluding tert-OH is 1. The van der Waals surface area contributed by atoms with E-state index < -0.39 is 49.0 Å². The van der Waals surface area contributed by atoms with Crippen LogP contribution < -0.4 is 5.32 Å². The molecule has 12 nitrogen and oxygen atoms in total. The number of esters is 2. The number of ether oxygens (including phenoxy) is 3. The van der Waals surface area contributed by atoms with Gasteiger partial charge in [0.25, 0.3) is 5.91 Å². The highest BCUT2D eigenvalue weighted by atomic mass is 16.6. The molecule has 2 aromatic heterocycles. The van der Waals surface area contributed by atoms with Crippen molar-refractivity contribution in [3.63, 3.8) is 0 Å². The van der Waals surface area contributed by atoms with Crippen LogP contribution in [0.15, 0.2) is 104 Å². The van der Waals surface area contributed by atoms with Crippen LogP contribution in [0.25, 0.3) is 11.2 Å². The first-order chi connectivity index (χ1) is 21.0. The van der Waals surface area contributed by atoms with Crippen LogP contribution in [0.3, 0.4) is 0 Å². The summed E-state index contributed by atoms with van der Waals surface area (Å²) in [7, 11) is 0. The van der Waals surface area contributed by atoms with Crippen molar-refractivity contribution in [2.75, 3.05) is 11.9 Å². The van der Waals surface area contributed by atoms with Crippen molar-refractivity contribution in [2.24, 2.45) is 0 Å². The summed E-state index contributed by atoms with van der Waals surface area (Å²) in [5, 5.41) is 13.0. The largest absolute Gasteiger partial charge is 0.452 e. The summed E-state index contributed by atoms with van der Waals surface area (Å²) in [4.78, 5) is 52.0. The minimum atomic E-state index is -1.22. The molecule has 0 spiro atoms. The van der Waals surface area contributed by atoms with Gasteiger partial charge in [-0.1, -0.05) is 54.6 Å². The fourth-order valence-electron chi connectivity index (χ4n) is 4.78. The number of hydrogen-bond acceptors (Lipinski definition) is 10. The van der Waals surface area contributed by atoms with E-state index in [1.54, 1.807) is 91.0 Å². The molecule has 2 N–H and O–H groups in total. The number of carbonyl (C=O) groups excluding carboxylic acids is 3. The van der Waals surface area contributed by atoms with Crippen molar-refractivity contribution in [1.29, 1.82) is 0 Å². The Kier molecular flexibility index (Phi) is 7.85. The summed E-state index contributed by atoms with van der Waals surface area (Å²) in [6.45, 7) is -0.539. The Bertz CT molecular complexity index is 1750. The molecule has 2 unspecified atom stereocenters. The molecule has 6 rings (SSSR count). The monoisotopic (exact) mass is 579 g/mol. The highest BCUT2D eigenvalue weighted by Gasteiger charge is 2.51. The van der Waals surface area contributed by atoms with Crippen LogP contribution in [0.5, 0.6) is 0 Å². The fraction of sp³-hybridized carbons (Fsp3) is 0.161. The third kappa shape index (κ3) is 5.69. The lowest BCUT2D eigenvalue weighted by Crippen LogP contribution is -2.40. The summed E-state index contributed by atoms with van der Waals surface area (Å²) >= 11 is 0. The van der Waals surface area contributed by atoms with Gasteiger partial charge in [-0.2, -0.15) is 0 Å². The molecule has 0 bridgehead atoms. The highest BCUT2D eigenvalue weighted by Crippen LogP contribution is 2.37. The Morgan fingerprint density at radius 2 is 1.33 bits per heavy atom. The van der Waals surface area contributed by atoms with Crippen molar-refractivity contribution >= 4 is 34.8 Å². The SMILES string of the molecule is O=C(Nc1ncnc2c1ncn2[C@@H]1O[C@H](CO)C(OC(=O)c2ccccc2)C1OC(=O)c1ccccc1)c1ccccc1. The summed E-state index contributed by atoms with van der Waals surface area (Å²) in [5.41, 5.74) is 1.46. The number of benzene rings is 3. The molecule has 12 heteroatoms. The molecule has 5 aromatic rings. The Balaban J connectivity index is 1.35. The molecule has 0 radical (unpaired) electrons. The van der Waals surface area contributed by atoms with Crippen LogP contribution in [0.4, 0.5) is 5.82 Å². The van der Waals surface area contributed by atoms with Crippen molar-refractivity contribution < 1.29 is 33.7 Å². The number of aliphatic hydroxyl groups is 1. The first-order valence-corrected chi connectivity index (χ1v) is 13.4. The molecule has 1 amide bonds. The zero-order valence-corrected chi connectivity index (χ0v) is 22.5. The standard InChI is InChI=1S/C31H25N5O7/c37-16-22-24(42-30(39)20-12-6-2-7-13-20)25(43-31(40)21-14-8-3-9-15-21)29(41-22)36-18-34-23-26(32-17-33-27(23)36)35-28(38)19-10-4-1-5-11-19/h1-15,17-18,22,24-25,29,37H,16H2,(H,32,33,35,38)/t22-,24?,25?,29-/m1/s1. The quantitative estimate of drug-likeness (QED) is 0.261. The number of carbonyl (C=O) groups is 3. The molecule has 1 fully saturated rings. The second-order valence-electron chi connectivity index (χ2n) is 9.59. The second kappa shape index (κ2) is 12.2. The Morgan fingerprint density at radius 3 is 1.91 bits per heavy atom. The first-order valence-electron chi connectivity index (χ1n) is 13.4. The van der Waals surface area contributed by atoms with Crippen LogP contribution in [0, 0.1) is 0 Å². The molecule has 0 aliphatic carbocycles. The molecule has 3 aromatic carbocycles. The smallest absolute Gasteiger partial charge is 0.338 e. The number of aromatic nitrogens is 4. The predicted octanol–water partition coefficient (Wildman–Crippen LogP) is 3.42. The normalized spacial score (nSPS) is 19.6. The van der Waals surface area contributed by atoms with E-state index in [0.717, 1.165) is 0 Å².